The van der Waals surface area contributed by atoms with Crippen molar-refractivity contribution in [2.45, 2.75) is 33.4 Å². The first kappa shape index (κ1) is 17.7. The zero-order valence-corrected chi connectivity index (χ0v) is 15.1. The van der Waals surface area contributed by atoms with E-state index in [2.05, 4.69) is 15.6 Å². The van der Waals surface area contributed by atoms with Crippen LogP contribution >= 0.6 is 0 Å². The Kier molecular flexibility index (Phi) is 5.02. The van der Waals surface area contributed by atoms with Crippen LogP contribution in [0, 0.1) is 6.92 Å². The summed E-state index contributed by atoms with van der Waals surface area (Å²) < 4.78 is 1.64. The predicted molar refractivity (Wildman–Crippen MR) is 100 cm³/mol. The number of fused-ring (bicyclic) bond motifs is 1. The van der Waals surface area contributed by atoms with E-state index in [1.807, 2.05) is 51.1 Å². The normalized spacial score (nSPS) is 10.9. The summed E-state index contributed by atoms with van der Waals surface area (Å²) in [6, 6.07) is 13.3. The van der Waals surface area contributed by atoms with Crippen molar-refractivity contribution in [3.63, 3.8) is 0 Å². The van der Waals surface area contributed by atoms with Gasteiger partial charge in [0.2, 0.25) is 5.82 Å². The Labute approximate surface area is 152 Å². The largest absolute Gasteiger partial charge is 0.348 e. The second kappa shape index (κ2) is 7.39. The van der Waals surface area contributed by atoms with Crippen LogP contribution in [0.2, 0.25) is 0 Å². The molecule has 0 spiro atoms. The lowest BCUT2D eigenvalue weighted by atomic mass is 10.1. The molecule has 1 aromatic carbocycles. The van der Waals surface area contributed by atoms with E-state index in [-0.39, 0.29) is 29.4 Å². The Morgan fingerprint density at radius 2 is 1.81 bits per heavy atom. The van der Waals surface area contributed by atoms with E-state index in [4.69, 9.17) is 0 Å². The van der Waals surface area contributed by atoms with Gasteiger partial charge in [0.1, 0.15) is 0 Å². The van der Waals surface area contributed by atoms with E-state index in [0.717, 1.165) is 11.1 Å². The first-order valence-corrected chi connectivity index (χ1v) is 8.58. The van der Waals surface area contributed by atoms with Crippen molar-refractivity contribution in [1.82, 2.24) is 20.0 Å². The minimum Gasteiger partial charge on any atom is -0.348 e. The Bertz CT molecular complexity index is 959. The maximum absolute atomic E-state index is 12.7. The number of carbonyl (C=O) groups excluding carboxylic acids is 2. The molecule has 6 nitrogen and oxygen atoms in total. The molecular formula is C20H22N4O2. The van der Waals surface area contributed by atoms with Crippen molar-refractivity contribution in [3.8, 4) is 0 Å². The zero-order valence-electron chi connectivity index (χ0n) is 15.1. The standard InChI is InChI=1S/C20H22N4O2/c1-13(2)22-19(25)17-16-10-6-7-11-24(16)18(23-17)20(26)21-12-15-9-5-4-8-14(15)3/h4-11,13H,12H2,1-3H3,(H,21,26)(H,22,25). The van der Waals surface area contributed by atoms with Gasteiger partial charge in [0.15, 0.2) is 5.69 Å². The molecule has 0 aliphatic carbocycles. The third-order valence-electron chi connectivity index (χ3n) is 4.09. The molecule has 0 fully saturated rings. The predicted octanol–water partition coefficient (Wildman–Crippen LogP) is 2.71. The van der Waals surface area contributed by atoms with Gasteiger partial charge < -0.3 is 10.6 Å². The highest BCUT2D eigenvalue weighted by atomic mass is 16.2. The summed E-state index contributed by atoms with van der Waals surface area (Å²) in [6.07, 6.45) is 1.73. The molecule has 0 radical (unpaired) electrons. The molecule has 0 bridgehead atoms. The van der Waals surface area contributed by atoms with Crippen LogP contribution in [0.1, 0.15) is 46.1 Å². The molecule has 2 amide bonds. The van der Waals surface area contributed by atoms with Gasteiger partial charge in [-0.15, -0.1) is 0 Å². The third kappa shape index (κ3) is 3.59. The van der Waals surface area contributed by atoms with Gasteiger partial charge in [0, 0.05) is 18.8 Å². The molecular weight excluding hydrogens is 328 g/mol. The van der Waals surface area contributed by atoms with Crippen molar-refractivity contribution >= 4 is 17.3 Å². The summed E-state index contributed by atoms with van der Waals surface area (Å²) in [5.74, 6) is -0.414. The van der Waals surface area contributed by atoms with Crippen molar-refractivity contribution in [3.05, 3.63) is 71.3 Å². The van der Waals surface area contributed by atoms with Gasteiger partial charge in [0.05, 0.1) is 5.52 Å². The Balaban J connectivity index is 1.88. The Morgan fingerprint density at radius 3 is 2.54 bits per heavy atom. The molecule has 3 rings (SSSR count). The van der Waals surface area contributed by atoms with E-state index in [1.165, 1.54) is 0 Å². The fourth-order valence-corrected chi connectivity index (χ4v) is 2.76. The number of hydrogen-bond donors (Lipinski definition) is 2. The van der Waals surface area contributed by atoms with Crippen molar-refractivity contribution in [2.75, 3.05) is 0 Å². The van der Waals surface area contributed by atoms with Gasteiger partial charge in [0.25, 0.3) is 11.8 Å². The molecule has 2 N–H and O–H groups in total. The smallest absolute Gasteiger partial charge is 0.287 e. The number of benzene rings is 1. The van der Waals surface area contributed by atoms with E-state index in [1.54, 1.807) is 22.7 Å². The molecule has 0 aliphatic rings. The quantitative estimate of drug-likeness (QED) is 0.743. The maximum Gasteiger partial charge on any atom is 0.287 e. The molecule has 134 valence electrons. The lowest BCUT2D eigenvalue weighted by Crippen LogP contribution is -2.30. The third-order valence-corrected chi connectivity index (χ3v) is 4.09. The van der Waals surface area contributed by atoms with Crippen LogP contribution in [-0.2, 0) is 6.54 Å². The number of rotatable bonds is 5. The van der Waals surface area contributed by atoms with Gasteiger partial charge in [-0.25, -0.2) is 4.98 Å². The van der Waals surface area contributed by atoms with E-state index in [9.17, 15) is 9.59 Å². The summed E-state index contributed by atoms with van der Waals surface area (Å²) in [5.41, 5.74) is 3.00. The van der Waals surface area contributed by atoms with E-state index < -0.39 is 0 Å². The molecule has 0 atom stereocenters. The van der Waals surface area contributed by atoms with Gasteiger partial charge >= 0.3 is 0 Å². The van der Waals surface area contributed by atoms with E-state index in [0.29, 0.717) is 12.1 Å². The molecule has 0 saturated carbocycles. The van der Waals surface area contributed by atoms with Crippen molar-refractivity contribution < 1.29 is 9.59 Å². The summed E-state index contributed by atoms with van der Waals surface area (Å²) >= 11 is 0. The first-order valence-electron chi connectivity index (χ1n) is 8.58. The Morgan fingerprint density at radius 1 is 1.08 bits per heavy atom. The fraction of sp³-hybridized carbons (Fsp3) is 0.250. The van der Waals surface area contributed by atoms with Gasteiger partial charge in [-0.3, -0.25) is 14.0 Å². The van der Waals surface area contributed by atoms with Crippen LogP contribution in [0.4, 0.5) is 0 Å². The maximum atomic E-state index is 12.7. The number of amides is 2. The van der Waals surface area contributed by atoms with Gasteiger partial charge in [-0.05, 0) is 44.0 Å². The van der Waals surface area contributed by atoms with Crippen LogP contribution in [0.25, 0.3) is 5.52 Å². The van der Waals surface area contributed by atoms with Crippen molar-refractivity contribution in [1.29, 1.82) is 0 Å². The fourth-order valence-electron chi connectivity index (χ4n) is 2.76. The van der Waals surface area contributed by atoms with Crippen LogP contribution in [0.5, 0.6) is 0 Å². The number of hydrogen-bond acceptors (Lipinski definition) is 3. The van der Waals surface area contributed by atoms with E-state index >= 15 is 0 Å². The molecule has 0 saturated heterocycles. The minimum absolute atomic E-state index is 0.0127. The number of pyridine rings is 1. The highest BCUT2D eigenvalue weighted by Gasteiger charge is 2.21. The highest BCUT2D eigenvalue weighted by molar-refractivity contribution is 6.02. The number of nitrogens with one attached hydrogen (secondary N) is 2. The second-order valence-electron chi connectivity index (χ2n) is 6.48. The second-order valence-corrected chi connectivity index (χ2v) is 6.48. The monoisotopic (exact) mass is 350 g/mol. The van der Waals surface area contributed by atoms with Crippen LogP contribution in [-0.4, -0.2) is 27.2 Å². The summed E-state index contributed by atoms with van der Waals surface area (Å²) in [5, 5.41) is 5.71. The SMILES string of the molecule is Cc1ccccc1CNC(=O)c1nc(C(=O)NC(C)C)c2ccccn12. The number of aryl methyl sites for hydroxylation is 1. The van der Waals surface area contributed by atoms with Crippen LogP contribution in [0.15, 0.2) is 48.7 Å². The van der Waals surface area contributed by atoms with Crippen LogP contribution in [0.3, 0.4) is 0 Å². The molecule has 0 unspecified atom stereocenters. The topological polar surface area (TPSA) is 75.5 Å². The summed E-state index contributed by atoms with van der Waals surface area (Å²) in [7, 11) is 0. The van der Waals surface area contributed by atoms with Gasteiger partial charge in [-0.1, -0.05) is 30.3 Å². The molecule has 2 heterocycles. The average molecular weight is 350 g/mol. The molecule has 0 aliphatic heterocycles. The van der Waals surface area contributed by atoms with Crippen LogP contribution < -0.4 is 10.6 Å². The average Bonchev–Trinajstić information content (AvgIpc) is 3.00. The number of nitrogens with zero attached hydrogens (tertiary/aromatic N) is 2. The molecule has 26 heavy (non-hydrogen) atoms. The number of carbonyl (C=O) groups is 2. The number of imidazole rings is 1. The molecule has 3 aromatic rings. The first-order chi connectivity index (χ1) is 12.5. The van der Waals surface area contributed by atoms with Gasteiger partial charge in [-0.2, -0.15) is 0 Å². The highest BCUT2D eigenvalue weighted by Crippen LogP contribution is 2.14. The lowest BCUT2D eigenvalue weighted by molar-refractivity contribution is 0.0939. The summed E-state index contributed by atoms with van der Waals surface area (Å²) in [4.78, 5) is 29.4. The molecule has 6 heteroatoms. The minimum atomic E-state index is -0.321. The summed E-state index contributed by atoms with van der Waals surface area (Å²) in [6.45, 7) is 6.17. The zero-order chi connectivity index (χ0) is 18.7. The number of aromatic nitrogens is 2. The lowest BCUT2D eigenvalue weighted by Gasteiger charge is -2.07. The Hall–Kier alpha value is -3.15. The molecule has 2 aromatic heterocycles. The van der Waals surface area contributed by atoms with Crippen molar-refractivity contribution in [2.24, 2.45) is 0 Å².